The van der Waals surface area contributed by atoms with E-state index in [0.29, 0.717) is 42.0 Å². The molecule has 308 valence electrons. The number of rotatable bonds is 18. The van der Waals surface area contributed by atoms with Crippen LogP contribution in [0.4, 0.5) is 5.69 Å². The van der Waals surface area contributed by atoms with Crippen LogP contribution in [0.15, 0.2) is 121 Å². The van der Waals surface area contributed by atoms with Gasteiger partial charge in [0.1, 0.15) is 24.4 Å². The third kappa shape index (κ3) is 10.6. The van der Waals surface area contributed by atoms with E-state index in [-0.39, 0.29) is 19.1 Å². The van der Waals surface area contributed by atoms with Crippen molar-refractivity contribution in [1.82, 2.24) is 15.2 Å². The van der Waals surface area contributed by atoms with Gasteiger partial charge in [-0.3, -0.25) is 19.9 Å². The Balaban J connectivity index is 1.44. The highest BCUT2D eigenvalue weighted by Gasteiger charge is 2.48. The molecule has 3 N–H and O–H groups in total. The first-order valence-corrected chi connectivity index (χ1v) is 20.1. The molecule has 11 nitrogen and oxygen atoms in total. The van der Waals surface area contributed by atoms with Gasteiger partial charge in [0, 0.05) is 17.0 Å². The first-order chi connectivity index (χ1) is 28.6. The molecule has 11 heteroatoms. The molecule has 1 aromatic heterocycles. The number of ether oxygens (including phenoxy) is 3. The number of amides is 2. The lowest BCUT2D eigenvalue weighted by Crippen LogP contribution is -2.61. The second-order valence-electron chi connectivity index (χ2n) is 15.1. The molecule has 0 aliphatic heterocycles. The number of aliphatic hydroxyl groups is 1. The lowest BCUT2D eigenvalue weighted by atomic mass is 9.89. The monoisotopic (exact) mass is 798 g/mol. The molecule has 5 aromatic rings. The third-order valence-electron chi connectivity index (χ3n) is 11.0. The number of aliphatic hydroxyl groups excluding tert-OH is 1. The number of carbonyl (C=O) groups is 3. The number of fused-ring (bicyclic) bond motifs is 1. The second kappa shape index (κ2) is 20.2. The van der Waals surface area contributed by atoms with Crippen LogP contribution < -0.4 is 15.4 Å². The highest BCUT2D eigenvalue weighted by molar-refractivity contribution is 6.01. The molecular formula is C48H54N4O7. The standard InChI is InChI=1S/C48H54N4O7/c1-6-31(2)43(47(55)57-5)52(46(54)42(38-27-36-21-13-14-22-37(36)28-38)51-48(56)59-30-35-19-11-8-12-20-35)44(39-26-25-32(3)49-33(39)4)45(53)50-40-23-15-16-24-41(40)58-29-34-17-9-7-10-18-34/h7-26,31,38,42-44,48,51,56H,6,27-30H2,1-5H3,(H,50,53)/t31-,42+,43+,44?,48?/m0/s1. The lowest BCUT2D eigenvalue weighted by Gasteiger charge is -2.42. The predicted octanol–water partition coefficient (Wildman–Crippen LogP) is 7.24. The topological polar surface area (TPSA) is 139 Å². The smallest absolute Gasteiger partial charge is 0.328 e. The summed E-state index contributed by atoms with van der Waals surface area (Å²) in [5.74, 6) is -2.25. The van der Waals surface area contributed by atoms with Crippen molar-refractivity contribution >= 4 is 23.5 Å². The van der Waals surface area contributed by atoms with Gasteiger partial charge in [-0.05, 0) is 79.0 Å². The van der Waals surface area contributed by atoms with Crippen molar-refractivity contribution in [1.29, 1.82) is 0 Å². The summed E-state index contributed by atoms with van der Waals surface area (Å²) >= 11 is 0. The highest BCUT2D eigenvalue weighted by Crippen LogP contribution is 2.36. The molecule has 4 aromatic carbocycles. The van der Waals surface area contributed by atoms with Crippen molar-refractivity contribution in [2.75, 3.05) is 12.4 Å². The molecule has 1 aliphatic carbocycles. The number of para-hydroxylation sites is 2. The molecule has 2 unspecified atom stereocenters. The minimum Gasteiger partial charge on any atom is -0.487 e. The summed E-state index contributed by atoms with van der Waals surface area (Å²) in [5.41, 5.74) is 5.97. The molecule has 2 amide bonds. The number of hydrogen-bond donors (Lipinski definition) is 3. The second-order valence-corrected chi connectivity index (χ2v) is 15.1. The Hall–Kier alpha value is -5.88. The maximum Gasteiger partial charge on any atom is 0.328 e. The summed E-state index contributed by atoms with van der Waals surface area (Å²) in [5, 5.41) is 17.6. The molecule has 1 heterocycles. The van der Waals surface area contributed by atoms with Gasteiger partial charge in [-0.25, -0.2) is 4.79 Å². The number of nitrogens with zero attached hydrogens (tertiary/aromatic N) is 2. The van der Waals surface area contributed by atoms with E-state index >= 15 is 9.59 Å². The number of benzene rings is 4. The normalized spacial score (nSPS) is 14.9. The zero-order valence-corrected chi connectivity index (χ0v) is 34.3. The van der Waals surface area contributed by atoms with E-state index in [1.807, 2.05) is 112 Å². The average molecular weight is 799 g/mol. The van der Waals surface area contributed by atoms with Gasteiger partial charge in [0.15, 0.2) is 0 Å². The van der Waals surface area contributed by atoms with E-state index in [0.717, 1.165) is 27.9 Å². The SMILES string of the molecule is CC[C@H](C)[C@H](C(=O)OC)N(C(=O)[C@H](NC(O)OCc1ccccc1)C1Cc2ccccc2C1)C(C(=O)Nc1ccccc1OCc1ccccc1)c1ccc(C)nc1C. The molecule has 0 saturated carbocycles. The number of methoxy groups -OCH3 is 1. The molecule has 0 bridgehead atoms. The Kier molecular flexibility index (Phi) is 14.6. The van der Waals surface area contributed by atoms with Crippen LogP contribution >= 0.6 is 0 Å². The largest absolute Gasteiger partial charge is 0.487 e. The number of aromatic nitrogens is 1. The number of aryl methyl sites for hydroxylation is 2. The number of carbonyl (C=O) groups excluding carboxylic acids is 3. The predicted molar refractivity (Wildman–Crippen MR) is 226 cm³/mol. The molecular weight excluding hydrogens is 745 g/mol. The van der Waals surface area contributed by atoms with Crippen molar-refractivity contribution in [3.05, 3.63) is 161 Å². The Bertz CT molecular complexity index is 2160. The van der Waals surface area contributed by atoms with Crippen LogP contribution in [-0.4, -0.2) is 58.4 Å². The number of esters is 1. The Labute approximate surface area is 346 Å². The van der Waals surface area contributed by atoms with E-state index in [1.54, 1.807) is 37.3 Å². The van der Waals surface area contributed by atoms with Gasteiger partial charge in [-0.2, -0.15) is 0 Å². The van der Waals surface area contributed by atoms with Crippen LogP contribution in [0.5, 0.6) is 5.75 Å². The van der Waals surface area contributed by atoms with Crippen LogP contribution in [0.2, 0.25) is 0 Å². The van der Waals surface area contributed by atoms with Crippen LogP contribution in [0, 0.1) is 25.7 Å². The molecule has 0 fully saturated rings. The first kappa shape index (κ1) is 42.7. The van der Waals surface area contributed by atoms with Crippen LogP contribution in [0.3, 0.4) is 0 Å². The number of hydrogen-bond acceptors (Lipinski definition) is 9. The molecule has 5 atom stereocenters. The quantitative estimate of drug-likeness (QED) is 0.0619. The van der Waals surface area contributed by atoms with Crippen molar-refractivity contribution in [3.8, 4) is 5.75 Å². The van der Waals surface area contributed by atoms with Crippen LogP contribution in [0.25, 0.3) is 0 Å². The van der Waals surface area contributed by atoms with Crippen LogP contribution in [-0.2, 0) is 49.9 Å². The van der Waals surface area contributed by atoms with E-state index < -0.39 is 48.2 Å². The number of nitrogens with one attached hydrogen (secondary N) is 2. The van der Waals surface area contributed by atoms with Crippen LogP contribution in [0.1, 0.15) is 65.5 Å². The third-order valence-corrected chi connectivity index (χ3v) is 11.0. The van der Waals surface area contributed by atoms with Gasteiger partial charge in [0.2, 0.25) is 12.3 Å². The van der Waals surface area contributed by atoms with Crippen molar-refractivity contribution < 1.29 is 33.7 Å². The summed E-state index contributed by atoms with van der Waals surface area (Å²) in [6.07, 6.45) is -0.0635. The molecule has 1 aliphatic rings. The van der Waals surface area contributed by atoms with Gasteiger partial charge in [0.25, 0.3) is 5.91 Å². The van der Waals surface area contributed by atoms with E-state index in [9.17, 15) is 9.90 Å². The summed E-state index contributed by atoms with van der Waals surface area (Å²) < 4.78 is 17.5. The fourth-order valence-electron chi connectivity index (χ4n) is 7.77. The highest BCUT2D eigenvalue weighted by atomic mass is 16.6. The van der Waals surface area contributed by atoms with Gasteiger partial charge < -0.3 is 29.5 Å². The Morgan fingerprint density at radius 1 is 0.814 bits per heavy atom. The summed E-state index contributed by atoms with van der Waals surface area (Å²) in [6.45, 7) is 7.74. The van der Waals surface area contributed by atoms with E-state index in [4.69, 9.17) is 19.2 Å². The minimum absolute atomic E-state index is 0.0766. The van der Waals surface area contributed by atoms with Gasteiger partial charge in [-0.15, -0.1) is 0 Å². The maximum atomic E-state index is 15.8. The number of pyridine rings is 1. The van der Waals surface area contributed by atoms with Crippen molar-refractivity contribution in [2.24, 2.45) is 11.8 Å². The zero-order valence-electron chi connectivity index (χ0n) is 34.3. The van der Waals surface area contributed by atoms with Crippen molar-refractivity contribution in [2.45, 2.75) is 84.7 Å². The molecule has 6 rings (SSSR count). The molecule has 0 saturated heterocycles. The van der Waals surface area contributed by atoms with E-state index in [1.165, 1.54) is 12.0 Å². The molecule has 0 radical (unpaired) electrons. The maximum absolute atomic E-state index is 15.8. The average Bonchev–Trinajstić information content (AvgIpc) is 3.69. The molecule has 59 heavy (non-hydrogen) atoms. The minimum atomic E-state index is -1.57. The van der Waals surface area contributed by atoms with Crippen molar-refractivity contribution in [3.63, 3.8) is 0 Å². The summed E-state index contributed by atoms with van der Waals surface area (Å²) in [7, 11) is 1.28. The zero-order chi connectivity index (χ0) is 41.9. The van der Waals surface area contributed by atoms with Gasteiger partial charge in [0.05, 0.1) is 25.4 Å². The fourth-order valence-corrected chi connectivity index (χ4v) is 7.77. The molecule has 0 spiro atoms. The Morgan fingerprint density at radius 2 is 1.41 bits per heavy atom. The van der Waals surface area contributed by atoms with E-state index in [2.05, 4.69) is 10.6 Å². The number of anilines is 1. The van der Waals surface area contributed by atoms with Gasteiger partial charge >= 0.3 is 5.97 Å². The first-order valence-electron chi connectivity index (χ1n) is 20.1. The fraction of sp³-hybridized carbons (Fsp3) is 0.333. The lowest BCUT2D eigenvalue weighted by molar-refractivity contribution is -0.166. The van der Waals surface area contributed by atoms with Gasteiger partial charge in [-0.1, -0.05) is 123 Å². The summed E-state index contributed by atoms with van der Waals surface area (Å²) in [6, 6.07) is 34.0. The Morgan fingerprint density at radius 3 is 2.02 bits per heavy atom. The summed E-state index contributed by atoms with van der Waals surface area (Å²) in [4.78, 5) is 51.2.